The molecule has 0 aromatic heterocycles. The maximum absolute atomic E-state index is 12.7. The van der Waals surface area contributed by atoms with Crippen LogP contribution in [0.5, 0.6) is 5.75 Å². The topological polar surface area (TPSA) is 95.9 Å². The van der Waals surface area contributed by atoms with Gasteiger partial charge in [0, 0.05) is 6.54 Å². The average molecular weight is 418 g/mol. The summed E-state index contributed by atoms with van der Waals surface area (Å²) in [4.78, 5) is 36.7. The fourth-order valence-electron chi connectivity index (χ4n) is 3.23. The predicted molar refractivity (Wildman–Crippen MR) is 110 cm³/mol. The zero-order valence-electron chi connectivity index (χ0n) is 17.1. The largest absolute Gasteiger partial charge is 0.485 e. The molecule has 2 atom stereocenters. The Kier molecular flexibility index (Phi) is 8.58. The Morgan fingerprint density at radius 1 is 1.30 bits per heavy atom. The third-order valence-corrected chi connectivity index (χ3v) is 4.60. The fraction of sp³-hybridized carbons (Fsp3) is 0.409. The van der Waals surface area contributed by atoms with Crippen molar-refractivity contribution in [3.8, 4) is 5.75 Å². The maximum atomic E-state index is 12.7. The summed E-state index contributed by atoms with van der Waals surface area (Å²) in [6, 6.07) is 7.92. The summed E-state index contributed by atoms with van der Waals surface area (Å²) in [5.74, 6) is -2.10. The molecular formula is C22H27FN2O5. The number of amides is 1. The monoisotopic (exact) mass is 418 g/mol. The Morgan fingerprint density at radius 3 is 2.60 bits per heavy atom. The number of allylic oxidation sites excluding steroid dienone is 1. The molecule has 30 heavy (non-hydrogen) atoms. The highest BCUT2D eigenvalue weighted by molar-refractivity contribution is 5.93. The molecule has 0 spiro atoms. The van der Waals surface area contributed by atoms with E-state index in [0.717, 1.165) is 17.7 Å². The molecule has 2 N–H and O–H groups in total. The van der Waals surface area contributed by atoms with E-state index in [1.807, 2.05) is 56.3 Å². The molecule has 1 aliphatic heterocycles. The highest BCUT2D eigenvalue weighted by Gasteiger charge is 2.32. The van der Waals surface area contributed by atoms with Gasteiger partial charge in [0.25, 0.3) is 0 Å². The highest BCUT2D eigenvalue weighted by atomic mass is 19.1. The minimum absolute atomic E-state index is 0.0863. The lowest BCUT2D eigenvalue weighted by atomic mass is 9.99. The first kappa shape index (κ1) is 23.1. The number of hydrogen-bond acceptors (Lipinski definition) is 5. The summed E-state index contributed by atoms with van der Waals surface area (Å²) < 4.78 is 18.7. The average Bonchev–Trinajstić information content (AvgIpc) is 2.69. The normalized spacial score (nSPS) is 15.5. The van der Waals surface area contributed by atoms with Gasteiger partial charge in [-0.1, -0.05) is 37.3 Å². The lowest BCUT2D eigenvalue weighted by Gasteiger charge is -2.40. The van der Waals surface area contributed by atoms with Crippen LogP contribution in [0.25, 0.3) is 0 Å². The number of halogens is 1. The van der Waals surface area contributed by atoms with Crippen LogP contribution < -0.4 is 10.1 Å². The van der Waals surface area contributed by atoms with Crippen LogP contribution in [0.2, 0.25) is 0 Å². The first-order valence-electron chi connectivity index (χ1n) is 9.81. The number of nitrogens with zero attached hydrogens (tertiary/aromatic N) is 1. The Hall–Kier alpha value is -3.16. The van der Waals surface area contributed by atoms with Gasteiger partial charge in [-0.3, -0.25) is 14.4 Å². The van der Waals surface area contributed by atoms with Crippen molar-refractivity contribution in [3.63, 3.8) is 0 Å². The third kappa shape index (κ3) is 6.43. The van der Waals surface area contributed by atoms with Crippen LogP contribution in [0, 0.1) is 0 Å². The SMILES string of the molecule is CC/C=C\C1=C([C@H](C)Oc2ccccc2)N(CC(=O)NC(CC(=O)O)C(=O)CF)C1. The summed E-state index contributed by atoms with van der Waals surface area (Å²) in [6.07, 6.45) is 3.90. The minimum atomic E-state index is -1.38. The Morgan fingerprint density at radius 2 is 2.00 bits per heavy atom. The van der Waals surface area contributed by atoms with Crippen molar-refractivity contribution >= 4 is 17.7 Å². The number of aliphatic carboxylic acids is 1. The lowest BCUT2D eigenvalue weighted by molar-refractivity contribution is -0.140. The van der Waals surface area contributed by atoms with Crippen molar-refractivity contribution in [1.29, 1.82) is 0 Å². The number of ketones is 1. The van der Waals surface area contributed by atoms with Crippen LogP contribution in [-0.2, 0) is 14.4 Å². The molecule has 2 rings (SSSR count). The number of hydrogen-bond donors (Lipinski definition) is 2. The van der Waals surface area contributed by atoms with E-state index in [9.17, 15) is 18.8 Å². The lowest BCUT2D eigenvalue weighted by Crippen LogP contribution is -2.51. The van der Waals surface area contributed by atoms with Crippen molar-refractivity contribution in [3.05, 3.63) is 53.8 Å². The van der Waals surface area contributed by atoms with E-state index in [4.69, 9.17) is 9.84 Å². The molecule has 0 bridgehead atoms. The molecule has 1 heterocycles. The van der Waals surface area contributed by atoms with Crippen molar-refractivity contribution in [2.75, 3.05) is 19.8 Å². The van der Waals surface area contributed by atoms with Crippen molar-refractivity contribution in [2.24, 2.45) is 0 Å². The minimum Gasteiger partial charge on any atom is -0.485 e. The first-order valence-corrected chi connectivity index (χ1v) is 9.81. The molecule has 8 heteroatoms. The van der Waals surface area contributed by atoms with E-state index < -0.39 is 36.8 Å². The molecule has 7 nitrogen and oxygen atoms in total. The summed E-state index contributed by atoms with van der Waals surface area (Å²) >= 11 is 0. The Labute approximate surface area is 175 Å². The van der Waals surface area contributed by atoms with Gasteiger partial charge < -0.3 is 20.1 Å². The van der Waals surface area contributed by atoms with Gasteiger partial charge in [-0.25, -0.2) is 4.39 Å². The van der Waals surface area contributed by atoms with E-state index in [1.54, 1.807) is 4.90 Å². The van der Waals surface area contributed by atoms with Crippen LogP contribution in [0.15, 0.2) is 53.8 Å². The standard InChI is InChI=1S/C22H27FN2O5/c1-3-4-8-16-13-25(22(16)15(2)30-17-9-6-5-7-10-17)14-20(27)24-18(11-21(28)29)19(26)12-23/h4-10,15,18H,3,11-14H2,1-2H3,(H,24,27)(H,28,29)/b8-4-/t15-,18?/m0/s1. The van der Waals surface area contributed by atoms with Crippen LogP contribution in [-0.4, -0.2) is 59.6 Å². The zero-order chi connectivity index (χ0) is 22.1. The Balaban J connectivity index is 2.08. The number of carbonyl (C=O) groups excluding carboxylic acids is 2. The van der Waals surface area contributed by atoms with Crippen molar-refractivity contribution in [1.82, 2.24) is 10.2 Å². The van der Waals surface area contributed by atoms with Gasteiger partial charge in [-0.2, -0.15) is 0 Å². The number of carboxylic acids is 1. The molecule has 0 fully saturated rings. The fourth-order valence-corrected chi connectivity index (χ4v) is 3.23. The van der Waals surface area contributed by atoms with Gasteiger partial charge in [0.1, 0.15) is 24.6 Å². The zero-order valence-corrected chi connectivity index (χ0v) is 17.1. The third-order valence-electron chi connectivity index (χ3n) is 4.60. The molecule has 0 radical (unpaired) electrons. The second-order valence-corrected chi connectivity index (χ2v) is 6.97. The quantitative estimate of drug-likeness (QED) is 0.542. The molecule has 1 aromatic rings. The van der Waals surface area contributed by atoms with E-state index in [-0.39, 0.29) is 12.6 Å². The summed E-state index contributed by atoms with van der Waals surface area (Å²) in [6.45, 7) is 3.00. The molecule has 0 aliphatic carbocycles. The van der Waals surface area contributed by atoms with Crippen LogP contribution >= 0.6 is 0 Å². The maximum Gasteiger partial charge on any atom is 0.305 e. The van der Waals surface area contributed by atoms with Gasteiger partial charge in [0.2, 0.25) is 5.91 Å². The van der Waals surface area contributed by atoms with E-state index >= 15 is 0 Å². The number of rotatable bonds is 12. The second kappa shape index (κ2) is 11.1. The molecule has 1 unspecified atom stereocenters. The molecule has 1 aliphatic rings. The van der Waals surface area contributed by atoms with Crippen LogP contribution in [0.1, 0.15) is 26.7 Å². The Bertz CT molecular complexity index is 822. The summed E-state index contributed by atoms with van der Waals surface area (Å²) in [5, 5.41) is 11.2. The van der Waals surface area contributed by atoms with E-state index in [2.05, 4.69) is 5.32 Å². The van der Waals surface area contributed by atoms with E-state index in [1.165, 1.54) is 0 Å². The number of alkyl halides is 1. The van der Waals surface area contributed by atoms with Crippen LogP contribution in [0.3, 0.4) is 0 Å². The molecule has 0 saturated carbocycles. The number of para-hydroxylation sites is 1. The van der Waals surface area contributed by atoms with Gasteiger partial charge in [-0.05, 0) is 31.1 Å². The van der Waals surface area contributed by atoms with E-state index in [0.29, 0.717) is 12.3 Å². The number of carbonyl (C=O) groups is 3. The molecule has 0 saturated heterocycles. The number of ether oxygens (including phenoxy) is 1. The summed E-state index contributed by atoms with van der Waals surface area (Å²) in [5.41, 5.74) is 1.88. The predicted octanol–water partition coefficient (Wildman–Crippen LogP) is 2.49. The number of carboxylic acid groups (broad SMARTS) is 1. The van der Waals surface area contributed by atoms with Gasteiger partial charge in [0.05, 0.1) is 18.7 Å². The molecule has 1 amide bonds. The van der Waals surface area contributed by atoms with Crippen molar-refractivity contribution in [2.45, 2.75) is 38.8 Å². The molecule has 1 aromatic carbocycles. The van der Waals surface area contributed by atoms with Crippen LogP contribution in [0.4, 0.5) is 4.39 Å². The van der Waals surface area contributed by atoms with Gasteiger partial charge >= 0.3 is 5.97 Å². The van der Waals surface area contributed by atoms with Gasteiger partial charge in [-0.15, -0.1) is 0 Å². The highest BCUT2D eigenvalue weighted by Crippen LogP contribution is 2.29. The molecular weight excluding hydrogens is 391 g/mol. The first-order chi connectivity index (χ1) is 14.3. The smallest absolute Gasteiger partial charge is 0.305 e. The summed E-state index contributed by atoms with van der Waals surface area (Å²) in [7, 11) is 0. The molecule has 162 valence electrons. The number of Topliss-reactive ketones (excluding diaryl/α,β-unsaturated/α-hetero) is 1. The number of nitrogens with one attached hydrogen (secondary N) is 1. The van der Waals surface area contributed by atoms with Gasteiger partial charge in [0.15, 0.2) is 5.78 Å². The number of benzene rings is 1. The second-order valence-electron chi connectivity index (χ2n) is 6.97. The van der Waals surface area contributed by atoms with Crippen molar-refractivity contribution < 1.29 is 28.6 Å².